The third-order valence-corrected chi connectivity index (χ3v) is 3.31. The van der Waals surface area contributed by atoms with Gasteiger partial charge in [-0.2, -0.15) is 13.2 Å². The van der Waals surface area contributed by atoms with Crippen LogP contribution in [0.15, 0.2) is 0 Å². The van der Waals surface area contributed by atoms with Crippen LogP contribution in [0.5, 0.6) is 0 Å². The molecule has 1 rings (SSSR count). The summed E-state index contributed by atoms with van der Waals surface area (Å²) in [7, 11) is 0. The third-order valence-electron chi connectivity index (χ3n) is 3.31. The van der Waals surface area contributed by atoms with Crippen LogP contribution < -0.4 is 5.32 Å². The van der Waals surface area contributed by atoms with Crippen molar-refractivity contribution >= 4 is 12.0 Å². The quantitative estimate of drug-likeness (QED) is 0.781. The second-order valence-corrected chi connectivity index (χ2v) is 4.88. The summed E-state index contributed by atoms with van der Waals surface area (Å²) in [6.45, 7) is -0.297. The highest BCUT2D eigenvalue weighted by atomic mass is 19.4. The first kappa shape index (κ1) is 15.6. The van der Waals surface area contributed by atoms with E-state index in [1.54, 1.807) is 0 Å². The van der Waals surface area contributed by atoms with Gasteiger partial charge in [0, 0.05) is 6.54 Å². The van der Waals surface area contributed by atoms with Crippen LogP contribution in [0, 0.1) is 5.41 Å². The molecule has 0 atom stereocenters. The van der Waals surface area contributed by atoms with Gasteiger partial charge in [-0.3, -0.25) is 4.79 Å². The zero-order valence-electron chi connectivity index (χ0n) is 10.6. The molecular formula is C11H17F3N2O3. The van der Waals surface area contributed by atoms with E-state index in [0.29, 0.717) is 0 Å². The molecule has 1 aliphatic rings. The Morgan fingerprint density at radius 1 is 1.37 bits per heavy atom. The van der Waals surface area contributed by atoms with Gasteiger partial charge < -0.3 is 15.3 Å². The van der Waals surface area contributed by atoms with Crippen molar-refractivity contribution in [2.75, 3.05) is 19.6 Å². The number of halogens is 3. The molecule has 0 unspecified atom stereocenters. The highest BCUT2D eigenvalue weighted by molar-refractivity contribution is 5.80. The number of aliphatic carboxylic acids is 1. The predicted octanol–water partition coefficient (Wildman–Crippen LogP) is 1.84. The zero-order valence-corrected chi connectivity index (χ0v) is 10.6. The fourth-order valence-electron chi connectivity index (χ4n) is 1.79. The van der Waals surface area contributed by atoms with E-state index in [1.807, 2.05) is 6.92 Å². The van der Waals surface area contributed by atoms with Crippen LogP contribution in [0.2, 0.25) is 0 Å². The second kappa shape index (κ2) is 5.66. The average Bonchev–Trinajstić information content (AvgIpc) is 3.03. The first-order valence-electron chi connectivity index (χ1n) is 5.99. The van der Waals surface area contributed by atoms with Gasteiger partial charge in [-0.15, -0.1) is 0 Å². The number of carbonyl (C=O) groups is 2. The van der Waals surface area contributed by atoms with E-state index in [9.17, 15) is 22.8 Å². The number of carboxylic acids is 1. The SMILES string of the molecule is CCC1(CNC(=O)N(CC(=O)O)CC(F)(F)F)CC1. The Morgan fingerprint density at radius 2 is 1.95 bits per heavy atom. The summed E-state index contributed by atoms with van der Waals surface area (Å²) < 4.78 is 36.8. The van der Waals surface area contributed by atoms with Gasteiger partial charge in [0.25, 0.3) is 0 Å². The van der Waals surface area contributed by atoms with E-state index in [2.05, 4.69) is 5.32 Å². The number of amides is 2. The normalized spacial score (nSPS) is 16.8. The standard InChI is InChI=1S/C11H17F3N2O3/c1-2-10(3-4-10)6-15-9(19)16(5-8(17)18)7-11(12,13)14/h2-7H2,1H3,(H,15,19)(H,17,18). The molecule has 0 heterocycles. The monoisotopic (exact) mass is 282 g/mol. The summed E-state index contributed by atoms with van der Waals surface area (Å²) in [5.41, 5.74) is -0.0111. The summed E-state index contributed by atoms with van der Waals surface area (Å²) in [5.74, 6) is -1.48. The number of alkyl halides is 3. The number of nitrogens with zero attached hydrogens (tertiary/aromatic N) is 1. The number of hydrogen-bond donors (Lipinski definition) is 2. The number of hydrogen-bond acceptors (Lipinski definition) is 2. The maximum atomic E-state index is 12.3. The number of carbonyl (C=O) groups excluding carboxylic acids is 1. The van der Waals surface area contributed by atoms with Gasteiger partial charge in [-0.1, -0.05) is 6.92 Å². The molecule has 110 valence electrons. The fourth-order valence-corrected chi connectivity index (χ4v) is 1.79. The molecule has 0 aromatic rings. The van der Waals surface area contributed by atoms with E-state index in [1.165, 1.54) is 0 Å². The molecule has 1 fully saturated rings. The Morgan fingerprint density at radius 3 is 2.32 bits per heavy atom. The Labute approximate surface area is 108 Å². The van der Waals surface area contributed by atoms with Crippen molar-refractivity contribution in [1.82, 2.24) is 10.2 Å². The number of carboxylic acid groups (broad SMARTS) is 1. The van der Waals surface area contributed by atoms with Crippen LogP contribution in [0.3, 0.4) is 0 Å². The van der Waals surface area contributed by atoms with Crippen LogP contribution in [0.25, 0.3) is 0 Å². The van der Waals surface area contributed by atoms with E-state index in [-0.39, 0.29) is 16.9 Å². The molecule has 2 amide bonds. The first-order valence-corrected chi connectivity index (χ1v) is 5.99. The molecule has 0 aromatic heterocycles. The van der Waals surface area contributed by atoms with Gasteiger partial charge in [-0.25, -0.2) is 4.79 Å². The molecule has 0 spiro atoms. The molecule has 8 heteroatoms. The lowest BCUT2D eigenvalue weighted by Crippen LogP contribution is -2.48. The van der Waals surface area contributed by atoms with Gasteiger partial charge in [0.1, 0.15) is 13.1 Å². The summed E-state index contributed by atoms with van der Waals surface area (Å²) in [6, 6.07) is -0.987. The Hall–Kier alpha value is -1.47. The predicted molar refractivity (Wildman–Crippen MR) is 60.6 cm³/mol. The smallest absolute Gasteiger partial charge is 0.406 e. The third kappa shape index (κ3) is 5.35. The van der Waals surface area contributed by atoms with E-state index in [4.69, 9.17) is 5.11 Å². The topological polar surface area (TPSA) is 69.6 Å². The molecule has 19 heavy (non-hydrogen) atoms. The van der Waals surface area contributed by atoms with Gasteiger partial charge in [0.05, 0.1) is 0 Å². The van der Waals surface area contributed by atoms with Gasteiger partial charge in [-0.05, 0) is 24.7 Å². The Bertz CT molecular complexity index is 354. The van der Waals surface area contributed by atoms with Crippen molar-refractivity contribution in [1.29, 1.82) is 0 Å². The van der Waals surface area contributed by atoms with Crippen LogP contribution in [0.4, 0.5) is 18.0 Å². The molecule has 2 N–H and O–H groups in total. The van der Waals surface area contributed by atoms with Crippen LogP contribution in [0.1, 0.15) is 26.2 Å². The molecule has 0 radical (unpaired) electrons. The summed E-state index contributed by atoms with van der Waals surface area (Å²) >= 11 is 0. The minimum Gasteiger partial charge on any atom is -0.480 e. The molecule has 0 bridgehead atoms. The molecule has 0 saturated heterocycles. The lowest BCUT2D eigenvalue weighted by Gasteiger charge is -2.23. The molecule has 0 aromatic carbocycles. The van der Waals surface area contributed by atoms with Crippen LogP contribution in [-0.4, -0.2) is 47.8 Å². The molecule has 0 aliphatic heterocycles. The molecule has 1 aliphatic carbocycles. The fraction of sp³-hybridized carbons (Fsp3) is 0.818. The molecular weight excluding hydrogens is 265 g/mol. The van der Waals surface area contributed by atoms with Crippen molar-refractivity contribution in [2.24, 2.45) is 5.41 Å². The minimum absolute atomic E-state index is 0.0111. The van der Waals surface area contributed by atoms with E-state index >= 15 is 0 Å². The van der Waals surface area contributed by atoms with Crippen LogP contribution >= 0.6 is 0 Å². The maximum absolute atomic E-state index is 12.3. The zero-order chi connectivity index (χ0) is 14.7. The van der Waals surface area contributed by atoms with Crippen molar-refractivity contribution in [3.63, 3.8) is 0 Å². The lowest BCUT2D eigenvalue weighted by atomic mass is 10.0. The maximum Gasteiger partial charge on any atom is 0.406 e. The second-order valence-electron chi connectivity index (χ2n) is 4.88. The number of urea groups is 1. The van der Waals surface area contributed by atoms with Crippen molar-refractivity contribution in [2.45, 2.75) is 32.4 Å². The summed E-state index contributed by atoms with van der Waals surface area (Å²) in [4.78, 5) is 22.3. The van der Waals surface area contributed by atoms with E-state index < -0.39 is 31.3 Å². The van der Waals surface area contributed by atoms with Gasteiger partial charge in [0.2, 0.25) is 0 Å². The summed E-state index contributed by atoms with van der Waals surface area (Å²) in [5, 5.41) is 10.9. The highest BCUT2D eigenvalue weighted by Crippen LogP contribution is 2.47. The van der Waals surface area contributed by atoms with Crippen molar-refractivity contribution in [3.05, 3.63) is 0 Å². The highest BCUT2D eigenvalue weighted by Gasteiger charge is 2.41. The van der Waals surface area contributed by atoms with Crippen molar-refractivity contribution in [3.8, 4) is 0 Å². The first-order chi connectivity index (χ1) is 8.67. The average molecular weight is 282 g/mol. The van der Waals surface area contributed by atoms with Gasteiger partial charge >= 0.3 is 18.2 Å². The number of nitrogens with one attached hydrogen (secondary N) is 1. The molecule has 5 nitrogen and oxygen atoms in total. The Kier molecular flexibility index (Phi) is 4.65. The van der Waals surface area contributed by atoms with E-state index in [0.717, 1.165) is 19.3 Å². The molecule has 1 saturated carbocycles. The largest absolute Gasteiger partial charge is 0.480 e. The minimum atomic E-state index is -4.62. The van der Waals surface area contributed by atoms with Gasteiger partial charge in [0.15, 0.2) is 0 Å². The van der Waals surface area contributed by atoms with Crippen molar-refractivity contribution < 1.29 is 27.9 Å². The lowest BCUT2D eigenvalue weighted by molar-refractivity contribution is -0.148. The number of rotatable bonds is 6. The Balaban J connectivity index is 2.53. The summed E-state index contributed by atoms with van der Waals surface area (Å²) in [6.07, 6.45) is -1.91. The van der Waals surface area contributed by atoms with Crippen LogP contribution in [-0.2, 0) is 4.79 Å².